The van der Waals surface area contributed by atoms with Gasteiger partial charge in [0.15, 0.2) is 5.82 Å². The van der Waals surface area contributed by atoms with Crippen molar-refractivity contribution in [2.24, 2.45) is 0 Å². The van der Waals surface area contributed by atoms with Crippen molar-refractivity contribution < 1.29 is 5.11 Å². The van der Waals surface area contributed by atoms with E-state index in [0.29, 0.717) is 16.3 Å². The molecule has 0 spiro atoms. The van der Waals surface area contributed by atoms with E-state index in [4.69, 9.17) is 17.3 Å². The normalized spacial score (nSPS) is 10.5. The summed E-state index contributed by atoms with van der Waals surface area (Å²) in [7, 11) is 1.87. The molecule has 0 aliphatic carbocycles. The van der Waals surface area contributed by atoms with Crippen LogP contribution in [0.15, 0.2) is 42.5 Å². The molecule has 0 aliphatic heterocycles. The van der Waals surface area contributed by atoms with Gasteiger partial charge in [-0.25, -0.2) is 9.97 Å². The molecular weight excluding hydrogens is 350 g/mol. The van der Waals surface area contributed by atoms with Crippen molar-refractivity contribution in [2.75, 3.05) is 12.8 Å². The van der Waals surface area contributed by atoms with Crippen molar-refractivity contribution in [1.29, 1.82) is 5.26 Å². The highest BCUT2D eigenvalue weighted by Gasteiger charge is 2.17. The molecule has 0 amide bonds. The fourth-order valence-corrected chi connectivity index (χ4v) is 2.76. The highest BCUT2D eigenvalue weighted by atomic mass is 35.5. The average Bonchev–Trinajstić information content (AvgIpc) is 2.64. The summed E-state index contributed by atoms with van der Waals surface area (Å²) in [6.45, 7) is 0.735. The molecule has 0 atom stereocenters. The predicted molar refractivity (Wildman–Crippen MR) is 101 cm³/mol. The second-order valence-electron chi connectivity index (χ2n) is 5.66. The Morgan fingerprint density at radius 1 is 1.19 bits per heavy atom. The number of phenolic OH excluding ortho intramolecular Hbond substituents is 1. The standard InChI is InChI=1S/C19H16ClN5O/c1-23-10-11-2-4-12(5-3-11)17-15(9-21)18(22)25-19(24-17)14-8-13(20)6-7-16(14)26/h2-8,23,26H,10H2,1H3,(H2,22,24,25). The molecule has 3 rings (SSSR count). The first kappa shape index (κ1) is 17.7. The lowest BCUT2D eigenvalue weighted by molar-refractivity contribution is 0.477. The van der Waals surface area contributed by atoms with E-state index in [9.17, 15) is 10.4 Å². The maximum Gasteiger partial charge on any atom is 0.166 e. The second kappa shape index (κ2) is 7.40. The molecule has 3 aromatic rings. The van der Waals surface area contributed by atoms with Crippen LogP contribution in [-0.2, 0) is 6.54 Å². The molecule has 0 saturated heterocycles. The van der Waals surface area contributed by atoms with Gasteiger partial charge in [0.1, 0.15) is 23.2 Å². The van der Waals surface area contributed by atoms with Gasteiger partial charge in [-0.2, -0.15) is 5.26 Å². The summed E-state index contributed by atoms with van der Waals surface area (Å²) in [6, 6.07) is 14.3. The minimum Gasteiger partial charge on any atom is -0.507 e. The van der Waals surface area contributed by atoms with E-state index >= 15 is 0 Å². The first-order valence-electron chi connectivity index (χ1n) is 7.84. The van der Waals surface area contributed by atoms with Crippen LogP contribution in [0.25, 0.3) is 22.6 Å². The zero-order valence-electron chi connectivity index (χ0n) is 14.0. The van der Waals surface area contributed by atoms with Crippen LogP contribution in [-0.4, -0.2) is 22.1 Å². The molecule has 7 heteroatoms. The lowest BCUT2D eigenvalue weighted by Crippen LogP contribution is -2.05. The van der Waals surface area contributed by atoms with Gasteiger partial charge < -0.3 is 16.2 Å². The van der Waals surface area contributed by atoms with E-state index < -0.39 is 0 Å². The number of aromatic hydroxyl groups is 1. The number of nitriles is 1. The Labute approximate surface area is 155 Å². The summed E-state index contributed by atoms with van der Waals surface area (Å²) in [4.78, 5) is 8.64. The maximum atomic E-state index is 10.1. The Kier molecular flexibility index (Phi) is 5.03. The van der Waals surface area contributed by atoms with Crippen LogP contribution in [0, 0.1) is 11.3 Å². The topological polar surface area (TPSA) is 108 Å². The third kappa shape index (κ3) is 3.45. The predicted octanol–water partition coefficient (Wildman–Crippen LogP) is 3.34. The number of aromatic nitrogens is 2. The van der Waals surface area contributed by atoms with Crippen LogP contribution in [0.5, 0.6) is 5.75 Å². The van der Waals surface area contributed by atoms with Gasteiger partial charge in [-0.3, -0.25) is 0 Å². The van der Waals surface area contributed by atoms with Gasteiger partial charge in [0.2, 0.25) is 0 Å². The van der Waals surface area contributed by atoms with E-state index in [1.54, 1.807) is 12.1 Å². The Morgan fingerprint density at radius 2 is 1.92 bits per heavy atom. The van der Waals surface area contributed by atoms with Crippen LogP contribution in [0.3, 0.4) is 0 Å². The van der Waals surface area contributed by atoms with Crippen molar-refractivity contribution in [2.45, 2.75) is 6.54 Å². The highest BCUT2D eigenvalue weighted by Crippen LogP contribution is 2.33. The molecule has 130 valence electrons. The number of nitrogen functional groups attached to an aromatic ring is 1. The number of benzene rings is 2. The minimum atomic E-state index is -0.0196. The number of anilines is 1. The summed E-state index contributed by atoms with van der Waals surface area (Å²) in [5.74, 6) is 0.232. The SMILES string of the molecule is CNCc1ccc(-c2nc(-c3cc(Cl)ccc3O)nc(N)c2C#N)cc1. The Morgan fingerprint density at radius 3 is 2.58 bits per heavy atom. The Bertz CT molecular complexity index is 996. The molecule has 6 nitrogen and oxygen atoms in total. The zero-order chi connectivity index (χ0) is 18.7. The fourth-order valence-electron chi connectivity index (χ4n) is 2.59. The van der Waals surface area contributed by atoms with E-state index in [1.807, 2.05) is 31.3 Å². The van der Waals surface area contributed by atoms with Crippen LogP contribution in [0.4, 0.5) is 5.82 Å². The Hall–Kier alpha value is -3.14. The summed E-state index contributed by atoms with van der Waals surface area (Å²) in [5.41, 5.74) is 8.76. The Balaban J connectivity index is 2.17. The molecule has 0 bridgehead atoms. The van der Waals surface area contributed by atoms with E-state index in [1.165, 1.54) is 6.07 Å². The molecule has 0 saturated carbocycles. The highest BCUT2D eigenvalue weighted by molar-refractivity contribution is 6.30. The largest absolute Gasteiger partial charge is 0.507 e. The smallest absolute Gasteiger partial charge is 0.166 e. The lowest BCUT2D eigenvalue weighted by Gasteiger charge is -2.11. The minimum absolute atomic E-state index is 0.0196. The number of rotatable bonds is 4. The van der Waals surface area contributed by atoms with Crippen LogP contribution in [0.2, 0.25) is 5.02 Å². The molecule has 0 fully saturated rings. The van der Waals surface area contributed by atoms with Gasteiger partial charge in [-0.05, 0) is 30.8 Å². The molecule has 0 aliphatic rings. The lowest BCUT2D eigenvalue weighted by atomic mass is 10.0. The van der Waals surface area contributed by atoms with Gasteiger partial charge in [0, 0.05) is 17.1 Å². The molecule has 26 heavy (non-hydrogen) atoms. The number of hydrogen-bond donors (Lipinski definition) is 3. The van der Waals surface area contributed by atoms with Gasteiger partial charge in [0.25, 0.3) is 0 Å². The molecule has 1 heterocycles. The molecule has 4 N–H and O–H groups in total. The second-order valence-corrected chi connectivity index (χ2v) is 6.09. The monoisotopic (exact) mass is 365 g/mol. The summed E-state index contributed by atoms with van der Waals surface area (Å²) < 4.78 is 0. The van der Waals surface area contributed by atoms with Gasteiger partial charge in [-0.15, -0.1) is 0 Å². The fraction of sp³-hybridized carbons (Fsp3) is 0.105. The molecular formula is C19H16ClN5O. The van der Waals surface area contributed by atoms with Gasteiger partial charge in [0.05, 0.1) is 11.3 Å². The van der Waals surface area contributed by atoms with Crippen LogP contribution in [0.1, 0.15) is 11.1 Å². The quantitative estimate of drug-likeness (QED) is 0.654. The number of nitrogens with one attached hydrogen (secondary N) is 1. The van der Waals surface area contributed by atoms with Crippen LogP contribution < -0.4 is 11.1 Å². The number of halogens is 1. The zero-order valence-corrected chi connectivity index (χ0v) is 14.7. The first-order chi connectivity index (χ1) is 12.5. The number of nitrogens with zero attached hydrogens (tertiary/aromatic N) is 3. The first-order valence-corrected chi connectivity index (χ1v) is 8.21. The van der Waals surface area contributed by atoms with E-state index in [0.717, 1.165) is 17.7 Å². The molecule has 0 radical (unpaired) electrons. The van der Waals surface area contributed by atoms with E-state index in [-0.39, 0.29) is 23.0 Å². The van der Waals surface area contributed by atoms with Crippen molar-refractivity contribution in [3.8, 4) is 34.5 Å². The van der Waals surface area contributed by atoms with Gasteiger partial charge in [-0.1, -0.05) is 35.9 Å². The summed E-state index contributed by atoms with van der Waals surface area (Å²) in [6.07, 6.45) is 0. The molecule has 2 aromatic carbocycles. The van der Waals surface area contributed by atoms with E-state index in [2.05, 4.69) is 21.4 Å². The van der Waals surface area contributed by atoms with Gasteiger partial charge >= 0.3 is 0 Å². The summed E-state index contributed by atoms with van der Waals surface area (Å²) >= 11 is 6.01. The summed E-state index contributed by atoms with van der Waals surface area (Å²) in [5, 5.41) is 23.1. The molecule has 1 aromatic heterocycles. The third-order valence-corrected chi connectivity index (χ3v) is 4.09. The third-order valence-electron chi connectivity index (χ3n) is 3.86. The maximum absolute atomic E-state index is 10.1. The van der Waals surface area contributed by atoms with Crippen molar-refractivity contribution in [3.63, 3.8) is 0 Å². The number of nitrogens with two attached hydrogens (primary N) is 1. The average molecular weight is 366 g/mol. The number of hydrogen-bond acceptors (Lipinski definition) is 6. The molecule has 0 unspecified atom stereocenters. The van der Waals surface area contributed by atoms with Crippen LogP contribution >= 0.6 is 11.6 Å². The van der Waals surface area contributed by atoms with Crippen molar-refractivity contribution >= 4 is 17.4 Å². The van der Waals surface area contributed by atoms with Crippen molar-refractivity contribution in [3.05, 3.63) is 58.6 Å². The number of phenols is 1. The van der Waals surface area contributed by atoms with Crippen molar-refractivity contribution in [1.82, 2.24) is 15.3 Å².